The predicted molar refractivity (Wildman–Crippen MR) is 65.1 cm³/mol. The van der Waals surface area contributed by atoms with Crippen molar-refractivity contribution in [1.29, 1.82) is 0 Å². The van der Waals surface area contributed by atoms with E-state index in [4.69, 9.17) is 0 Å². The van der Waals surface area contributed by atoms with Gasteiger partial charge in [0.2, 0.25) is 0 Å². The van der Waals surface area contributed by atoms with Gasteiger partial charge in [-0.1, -0.05) is 0 Å². The molecular weight excluding hydrogens is 184 g/mol. The minimum absolute atomic E-state index is 0.279. The van der Waals surface area contributed by atoms with Gasteiger partial charge in [0.05, 0.1) is 0 Å². The van der Waals surface area contributed by atoms with Crippen molar-refractivity contribution in [1.82, 2.24) is 10.6 Å². The predicted octanol–water partition coefficient (Wildman–Crippen LogP) is 2.44. The van der Waals surface area contributed by atoms with Gasteiger partial charge in [-0.15, -0.1) is 0 Å². The van der Waals surface area contributed by atoms with Crippen LogP contribution in [-0.4, -0.2) is 23.7 Å². The van der Waals surface area contributed by atoms with Crippen molar-refractivity contribution in [3.05, 3.63) is 0 Å². The van der Waals surface area contributed by atoms with Gasteiger partial charge in [0.25, 0.3) is 0 Å². The number of nitrogens with one attached hydrogen (secondary N) is 2. The van der Waals surface area contributed by atoms with Gasteiger partial charge in [-0.25, -0.2) is 0 Å². The Hall–Kier alpha value is -0.0800. The molecule has 15 heavy (non-hydrogen) atoms. The topological polar surface area (TPSA) is 24.1 Å². The highest BCUT2D eigenvalue weighted by atomic mass is 15.0. The third kappa shape index (κ3) is 4.12. The van der Waals surface area contributed by atoms with Crippen LogP contribution in [0.4, 0.5) is 0 Å². The third-order valence-electron chi connectivity index (χ3n) is 3.41. The molecule has 0 radical (unpaired) electrons. The van der Waals surface area contributed by atoms with E-state index in [1.54, 1.807) is 0 Å². The average Bonchev–Trinajstić information content (AvgIpc) is 2.90. The van der Waals surface area contributed by atoms with E-state index in [-0.39, 0.29) is 5.54 Å². The van der Waals surface area contributed by atoms with Crippen LogP contribution in [0.3, 0.4) is 0 Å². The van der Waals surface area contributed by atoms with Gasteiger partial charge in [0.1, 0.15) is 0 Å². The molecule has 88 valence electrons. The van der Waals surface area contributed by atoms with E-state index in [1.807, 2.05) is 0 Å². The van der Waals surface area contributed by atoms with Crippen LogP contribution in [0.1, 0.15) is 59.3 Å². The lowest BCUT2D eigenvalue weighted by Crippen LogP contribution is -2.47. The van der Waals surface area contributed by atoms with Gasteiger partial charge in [0, 0.05) is 23.7 Å². The van der Waals surface area contributed by atoms with Crippen LogP contribution in [0, 0.1) is 0 Å². The van der Waals surface area contributed by atoms with Crippen LogP contribution in [0.15, 0.2) is 0 Å². The fraction of sp³-hybridized carbons (Fsp3) is 1.00. The summed E-state index contributed by atoms with van der Waals surface area (Å²) in [7, 11) is 0. The van der Waals surface area contributed by atoms with E-state index in [1.165, 1.54) is 38.5 Å². The van der Waals surface area contributed by atoms with Gasteiger partial charge < -0.3 is 10.6 Å². The van der Waals surface area contributed by atoms with E-state index in [0.29, 0.717) is 0 Å². The van der Waals surface area contributed by atoms with Gasteiger partial charge in [-0.2, -0.15) is 0 Å². The summed E-state index contributed by atoms with van der Waals surface area (Å²) in [6.07, 6.45) is 8.26. The minimum atomic E-state index is 0.279. The lowest BCUT2D eigenvalue weighted by atomic mass is 9.89. The first kappa shape index (κ1) is 11.4. The van der Waals surface area contributed by atoms with Crippen LogP contribution in [0.2, 0.25) is 0 Å². The van der Waals surface area contributed by atoms with Gasteiger partial charge in [-0.05, 0) is 59.3 Å². The normalized spacial score (nSPS) is 33.0. The Bertz CT molecular complexity index is 195. The van der Waals surface area contributed by atoms with E-state index in [9.17, 15) is 0 Å². The molecular formula is C13H26N2. The van der Waals surface area contributed by atoms with Crippen molar-refractivity contribution in [3.8, 4) is 0 Å². The Labute approximate surface area is 94.2 Å². The molecule has 2 rings (SSSR count). The van der Waals surface area contributed by atoms with Crippen molar-refractivity contribution in [2.24, 2.45) is 0 Å². The lowest BCUT2D eigenvalue weighted by molar-refractivity contribution is 0.261. The van der Waals surface area contributed by atoms with Crippen LogP contribution in [0.5, 0.6) is 0 Å². The molecule has 0 aliphatic heterocycles. The second-order valence-corrected chi connectivity index (χ2v) is 6.38. The average molecular weight is 210 g/mol. The molecule has 2 aliphatic carbocycles. The largest absolute Gasteiger partial charge is 0.311 e. The van der Waals surface area contributed by atoms with Crippen molar-refractivity contribution in [2.45, 2.75) is 83.0 Å². The fourth-order valence-corrected chi connectivity index (χ4v) is 2.60. The Kier molecular flexibility index (Phi) is 3.36. The van der Waals surface area contributed by atoms with E-state index in [0.717, 1.165) is 18.1 Å². The summed E-state index contributed by atoms with van der Waals surface area (Å²) >= 11 is 0. The molecule has 0 aromatic rings. The number of hydrogen-bond acceptors (Lipinski definition) is 2. The lowest BCUT2D eigenvalue weighted by Gasteiger charge is -2.34. The Morgan fingerprint density at radius 2 is 1.13 bits per heavy atom. The van der Waals surface area contributed by atoms with E-state index in [2.05, 4.69) is 31.4 Å². The molecule has 2 saturated carbocycles. The third-order valence-corrected chi connectivity index (χ3v) is 3.41. The molecule has 0 aromatic carbocycles. The maximum Gasteiger partial charge on any atom is 0.00990 e. The van der Waals surface area contributed by atoms with Crippen LogP contribution < -0.4 is 10.6 Å². The second kappa shape index (κ2) is 4.42. The zero-order valence-corrected chi connectivity index (χ0v) is 10.5. The highest BCUT2D eigenvalue weighted by Crippen LogP contribution is 2.25. The zero-order valence-electron chi connectivity index (χ0n) is 10.5. The summed E-state index contributed by atoms with van der Waals surface area (Å²) in [5.74, 6) is 0. The maximum absolute atomic E-state index is 3.75. The monoisotopic (exact) mass is 210 g/mol. The molecule has 0 unspecified atom stereocenters. The number of hydrogen-bond donors (Lipinski definition) is 2. The highest BCUT2D eigenvalue weighted by molar-refractivity contribution is 4.89. The highest BCUT2D eigenvalue weighted by Gasteiger charge is 2.28. The van der Waals surface area contributed by atoms with Crippen molar-refractivity contribution >= 4 is 0 Å². The first-order valence-corrected chi connectivity index (χ1v) is 6.57. The molecule has 0 aromatic heterocycles. The van der Waals surface area contributed by atoms with Gasteiger partial charge in [0.15, 0.2) is 0 Å². The molecule has 0 amide bonds. The molecule has 2 heteroatoms. The molecule has 0 spiro atoms. The smallest absolute Gasteiger partial charge is 0.00990 e. The minimum Gasteiger partial charge on any atom is -0.311 e. The SMILES string of the molecule is CC(C)(C)N[C@H]1CC[C@@H](NC2CC2)CC1. The first-order valence-electron chi connectivity index (χ1n) is 6.57. The van der Waals surface area contributed by atoms with Crippen molar-refractivity contribution < 1.29 is 0 Å². The molecule has 2 aliphatic rings. The first-order chi connectivity index (χ1) is 7.03. The quantitative estimate of drug-likeness (QED) is 0.747. The summed E-state index contributed by atoms with van der Waals surface area (Å²) in [4.78, 5) is 0. The molecule has 2 N–H and O–H groups in total. The fourth-order valence-electron chi connectivity index (χ4n) is 2.60. The van der Waals surface area contributed by atoms with Crippen LogP contribution in [-0.2, 0) is 0 Å². The molecule has 2 nitrogen and oxygen atoms in total. The molecule has 0 atom stereocenters. The zero-order chi connectivity index (χ0) is 10.9. The molecule has 0 bridgehead atoms. The summed E-state index contributed by atoms with van der Waals surface area (Å²) in [5.41, 5.74) is 0.279. The Morgan fingerprint density at radius 1 is 0.733 bits per heavy atom. The van der Waals surface area contributed by atoms with E-state index >= 15 is 0 Å². The van der Waals surface area contributed by atoms with Gasteiger partial charge in [-0.3, -0.25) is 0 Å². The van der Waals surface area contributed by atoms with Crippen LogP contribution in [0.25, 0.3) is 0 Å². The summed E-state index contributed by atoms with van der Waals surface area (Å²) < 4.78 is 0. The maximum atomic E-state index is 3.75. The van der Waals surface area contributed by atoms with Gasteiger partial charge >= 0.3 is 0 Å². The van der Waals surface area contributed by atoms with Crippen molar-refractivity contribution in [2.75, 3.05) is 0 Å². The Balaban J connectivity index is 1.67. The summed E-state index contributed by atoms with van der Waals surface area (Å²) in [5, 5.41) is 7.47. The van der Waals surface area contributed by atoms with E-state index < -0.39 is 0 Å². The molecule has 0 saturated heterocycles. The summed E-state index contributed by atoms with van der Waals surface area (Å²) in [6.45, 7) is 6.80. The number of rotatable bonds is 3. The Morgan fingerprint density at radius 3 is 1.53 bits per heavy atom. The van der Waals surface area contributed by atoms with Crippen molar-refractivity contribution in [3.63, 3.8) is 0 Å². The summed E-state index contributed by atoms with van der Waals surface area (Å²) in [6, 6.07) is 2.44. The second-order valence-electron chi connectivity index (χ2n) is 6.38. The molecule has 2 fully saturated rings. The standard InChI is InChI=1S/C13H26N2/c1-13(2,3)15-12-8-6-11(7-9-12)14-10-4-5-10/h10-12,14-15H,4-9H2,1-3H3/t11-,12+. The molecule has 0 heterocycles. The van der Waals surface area contributed by atoms with Crippen LogP contribution >= 0.6 is 0 Å².